The van der Waals surface area contributed by atoms with E-state index in [9.17, 15) is 0 Å². The van der Waals surface area contributed by atoms with Crippen LogP contribution in [0.2, 0.25) is 0 Å². The van der Waals surface area contributed by atoms with Gasteiger partial charge in [0, 0.05) is 0 Å². The Kier molecular flexibility index (Phi) is 2.41. The van der Waals surface area contributed by atoms with Gasteiger partial charge in [-0.15, -0.1) is 0 Å². The van der Waals surface area contributed by atoms with Gasteiger partial charge in [0.1, 0.15) is 0 Å². The van der Waals surface area contributed by atoms with Gasteiger partial charge in [-0.3, -0.25) is 0 Å². The highest BCUT2D eigenvalue weighted by Crippen LogP contribution is 2.19. The largest absolute Gasteiger partial charge is 0.369 e. The molecule has 0 saturated carbocycles. The number of hydrogen-bond acceptors (Lipinski definition) is 1. The fourth-order valence-electron chi connectivity index (χ4n) is 1.49. The molecule has 1 heterocycles. The van der Waals surface area contributed by atoms with E-state index in [1.165, 1.54) is 5.56 Å². The molecular weight excluding hydrogens is 178 g/mol. The first-order valence-corrected chi connectivity index (χ1v) is 4.79. The molecule has 13 heavy (non-hydrogen) atoms. The summed E-state index contributed by atoms with van der Waals surface area (Å²) >= 11 is 5.08. The summed E-state index contributed by atoms with van der Waals surface area (Å²) in [5, 5.41) is 3.28. The van der Waals surface area contributed by atoms with Crippen LogP contribution in [0.1, 0.15) is 18.0 Å². The van der Waals surface area contributed by atoms with E-state index in [0.717, 1.165) is 11.4 Å². The van der Waals surface area contributed by atoms with Crippen molar-refractivity contribution in [3.8, 4) is 0 Å². The standard InChI is InChI=1S/C11H11NS/c13-11-8-4-7-10(12-11)9-5-2-1-3-6-9/h1-6,8,10H,7H2,(H,12,13). The first kappa shape index (κ1) is 8.45. The Morgan fingerprint density at radius 3 is 2.69 bits per heavy atom. The van der Waals surface area contributed by atoms with Gasteiger partial charge in [-0.1, -0.05) is 48.6 Å². The molecule has 0 aromatic heterocycles. The van der Waals surface area contributed by atoms with Crippen molar-refractivity contribution in [2.45, 2.75) is 12.5 Å². The second-order valence-corrected chi connectivity index (χ2v) is 3.55. The predicted octanol–water partition coefficient (Wildman–Crippen LogP) is 2.60. The minimum Gasteiger partial charge on any atom is -0.369 e. The Hall–Kier alpha value is -1.15. The fourth-order valence-corrected chi connectivity index (χ4v) is 1.73. The maximum Gasteiger partial charge on any atom is 0.0989 e. The lowest BCUT2D eigenvalue weighted by molar-refractivity contribution is 0.654. The highest BCUT2D eigenvalue weighted by molar-refractivity contribution is 7.80. The molecule has 1 aliphatic rings. The summed E-state index contributed by atoms with van der Waals surface area (Å²) in [4.78, 5) is 0.833. The van der Waals surface area contributed by atoms with Crippen molar-refractivity contribution in [2.75, 3.05) is 0 Å². The Morgan fingerprint density at radius 2 is 2.00 bits per heavy atom. The van der Waals surface area contributed by atoms with Crippen LogP contribution in [-0.2, 0) is 0 Å². The zero-order valence-electron chi connectivity index (χ0n) is 7.23. The minimum absolute atomic E-state index is 0.360. The molecule has 0 amide bonds. The average molecular weight is 189 g/mol. The minimum atomic E-state index is 0.360. The number of nitrogens with one attached hydrogen (secondary N) is 1. The summed E-state index contributed by atoms with van der Waals surface area (Å²) < 4.78 is 0. The van der Waals surface area contributed by atoms with Crippen LogP contribution in [0.25, 0.3) is 0 Å². The summed E-state index contributed by atoms with van der Waals surface area (Å²) in [6.07, 6.45) is 5.09. The van der Waals surface area contributed by atoms with Gasteiger partial charge in [-0.2, -0.15) is 0 Å². The third kappa shape index (κ3) is 1.95. The monoisotopic (exact) mass is 189 g/mol. The Bertz CT molecular complexity index is 329. The highest BCUT2D eigenvalue weighted by Gasteiger charge is 2.12. The number of hydrogen-bond donors (Lipinski definition) is 1. The second kappa shape index (κ2) is 3.71. The van der Waals surface area contributed by atoms with Gasteiger partial charge in [0.05, 0.1) is 11.0 Å². The lowest BCUT2D eigenvalue weighted by atomic mass is 10.0. The van der Waals surface area contributed by atoms with Gasteiger partial charge >= 0.3 is 0 Å². The third-order valence-electron chi connectivity index (χ3n) is 2.16. The maximum absolute atomic E-state index is 5.08. The first-order valence-electron chi connectivity index (χ1n) is 4.38. The molecule has 2 heteroatoms. The van der Waals surface area contributed by atoms with Gasteiger partial charge < -0.3 is 5.32 Å². The summed E-state index contributed by atoms with van der Waals surface area (Å²) in [7, 11) is 0. The summed E-state index contributed by atoms with van der Waals surface area (Å²) in [5.74, 6) is 0. The van der Waals surface area contributed by atoms with E-state index in [1.54, 1.807) is 0 Å². The van der Waals surface area contributed by atoms with Crippen molar-refractivity contribution in [1.29, 1.82) is 0 Å². The van der Waals surface area contributed by atoms with Crippen molar-refractivity contribution in [2.24, 2.45) is 0 Å². The van der Waals surface area contributed by atoms with E-state index in [-0.39, 0.29) is 0 Å². The van der Waals surface area contributed by atoms with Gasteiger partial charge in [-0.25, -0.2) is 0 Å². The smallest absolute Gasteiger partial charge is 0.0989 e. The molecular formula is C11H11NS. The van der Waals surface area contributed by atoms with Crippen molar-refractivity contribution in [1.82, 2.24) is 5.32 Å². The van der Waals surface area contributed by atoms with Crippen LogP contribution in [-0.4, -0.2) is 4.99 Å². The van der Waals surface area contributed by atoms with Crippen LogP contribution in [0, 0.1) is 0 Å². The number of thiocarbonyl (C=S) groups is 1. The molecule has 66 valence electrons. The van der Waals surface area contributed by atoms with E-state index < -0.39 is 0 Å². The van der Waals surface area contributed by atoms with Crippen LogP contribution in [0.5, 0.6) is 0 Å². The molecule has 1 aromatic carbocycles. The van der Waals surface area contributed by atoms with Crippen LogP contribution < -0.4 is 5.32 Å². The van der Waals surface area contributed by atoms with Gasteiger partial charge in [0.15, 0.2) is 0 Å². The fraction of sp³-hybridized carbons (Fsp3) is 0.182. The van der Waals surface area contributed by atoms with Crippen LogP contribution in [0.4, 0.5) is 0 Å². The first-order chi connectivity index (χ1) is 6.36. The quantitative estimate of drug-likeness (QED) is 0.681. The van der Waals surface area contributed by atoms with Crippen LogP contribution in [0.15, 0.2) is 42.5 Å². The number of benzene rings is 1. The average Bonchev–Trinajstić information content (AvgIpc) is 2.19. The highest BCUT2D eigenvalue weighted by atomic mass is 32.1. The Labute approximate surface area is 83.5 Å². The molecule has 1 N–H and O–H groups in total. The Balaban J connectivity index is 2.19. The SMILES string of the molecule is S=C1C=CCC(c2ccccc2)N1. The van der Waals surface area contributed by atoms with Gasteiger partial charge in [0.25, 0.3) is 0 Å². The van der Waals surface area contributed by atoms with Gasteiger partial charge in [0.2, 0.25) is 0 Å². The predicted molar refractivity (Wildman–Crippen MR) is 58.7 cm³/mol. The van der Waals surface area contributed by atoms with Crippen LogP contribution in [0.3, 0.4) is 0 Å². The molecule has 0 radical (unpaired) electrons. The van der Waals surface area contributed by atoms with E-state index in [4.69, 9.17) is 12.2 Å². The van der Waals surface area contributed by atoms with Crippen molar-refractivity contribution in [3.05, 3.63) is 48.0 Å². The lowest BCUT2D eigenvalue weighted by Gasteiger charge is -2.21. The normalized spacial score (nSPS) is 21.2. The molecule has 0 spiro atoms. The van der Waals surface area contributed by atoms with Crippen LogP contribution >= 0.6 is 12.2 Å². The maximum atomic E-state index is 5.08. The molecule has 1 unspecified atom stereocenters. The van der Waals surface area contributed by atoms with E-state index >= 15 is 0 Å². The van der Waals surface area contributed by atoms with Gasteiger partial charge in [-0.05, 0) is 18.1 Å². The van der Waals surface area contributed by atoms with E-state index in [0.29, 0.717) is 6.04 Å². The molecule has 0 saturated heterocycles. The molecule has 1 nitrogen and oxygen atoms in total. The summed E-state index contributed by atoms with van der Waals surface area (Å²) in [6.45, 7) is 0. The third-order valence-corrected chi connectivity index (χ3v) is 2.41. The topological polar surface area (TPSA) is 12.0 Å². The van der Waals surface area contributed by atoms with Crippen molar-refractivity contribution < 1.29 is 0 Å². The van der Waals surface area contributed by atoms with E-state index in [2.05, 4.69) is 35.7 Å². The molecule has 1 aliphatic heterocycles. The lowest BCUT2D eigenvalue weighted by Crippen LogP contribution is -2.27. The van der Waals surface area contributed by atoms with Crippen molar-refractivity contribution >= 4 is 17.2 Å². The molecule has 0 fully saturated rings. The zero-order valence-corrected chi connectivity index (χ0v) is 8.05. The number of rotatable bonds is 1. The second-order valence-electron chi connectivity index (χ2n) is 3.11. The molecule has 0 aliphatic carbocycles. The van der Waals surface area contributed by atoms with Crippen molar-refractivity contribution in [3.63, 3.8) is 0 Å². The molecule has 2 rings (SSSR count). The molecule has 1 aromatic rings. The summed E-state index contributed by atoms with van der Waals surface area (Å²) in [6, 6.07) is 10.7. The zero-order chi connectivity index (χ0) is 9.10. The summed E-state index contributed by atoms with van der Waals surface area (Å²) in [5.41, 5.74) is 1.30. The molecule has 0 bridgehead atoms. The Morgan fingerprint density at radius 1 is 1.23 bits per heavy atom. The van der Waals surface area contributed by atoms with E-state index in [1.807, 2.05) is 12.1 Å². The molecule has 1 atom stereocenters.